The number of hydrogen-bond acceptors (Lipinski definition) is 3. The van der Waals surface area contributed by atoms with E-state index in [9.17, 15) is 4.79 Å². The SMILES string of the molecule is COc1ccc(OC)c(C(=O)NC(CCCl)C(C)C)c1. The van der Waals surface area contributed by atoms with Gasteiger partial charge >= 0.3 is 0 Å². The van der Waals surface area contributed by atoms with Gasteiger partial charge in [0, 0.05) is 11.9 Å². The van der Waals surface area contributed by atoms with Crippen molar-refractivity contribution in [1.29, 1.82) is 0 Å². The van der Waals surface area contributed by atoms with Gasteiger partial charge < -0.3 is 14.8 Å². The molecule has 1 atom stereocenters. The molecule has 1 unspecified atom stereocenters. The molecule has 0 spiro atoms. The van der Waals surface area contributed by atoms with Crippen LogP contribution in [0.15, 0.2) is 18.2 Å². The number of ether oxygens (including phenoxy) is 2. The molecule has 0 aliphatic heterocycles. The first-order chi connectivity index (χ1) is 9.53. The fourth-order valence-corrected chi connectivity index (χ4v) is 2.16. The number of carbonyl (C=O) groups is 1. The lowest BCUT2D eigenvalue weighted by Crippen LogP contribution is -2.39. The molecule has 20 heavy (non-hydrogen) atoms. The van der Waals surface area contributed by atoms with E-state index in [-0.39, 0.29) is 11.9 Å². The number of methoxy groups -OCH3 is 2. The molecule has 0 fully saturated rings. The average molecular weight is 300 g/mol. The number of alkyl halides is 1. The van der Waals surface area contributed by atoms with Crippen LogP contribution in [0.4, 0.5) is 0 Å². The molecule has 1 N–H and O–H groups in total. The Hall–Kier alpha value is -1.42. The third kappa shape index (κ3) is 4.30. The Labute approximate surface area is 125 Å². The quantitative estimate of drug-likeness (QED) is 0.787. The van der Waals surface area contributed by atoms with Gasteiger partial charge in [-0.1, -0.05) is 13.8 Å². The van der Waals surface area contributed by atoms with E-state index in [4.69, 9.17) is 21.1 Å². The molecule has 4 nitrogen and oxygen atoms in total. The lowest BCUT2D eigenvalue weighted by atomic mass is 10.0. The van der Waals surface area contributed by atoms with Crippen LogP contribution >= 0.6 is 11.6 Å². The Bertz CT molecular complexity index is 449. The highest BCUT2D eigenvalue weighted by Crippen LogP contribution is 2.24. The Morgan fingerprint density at radius 2 is 2.00 bits per heavy atom. The van der Waals surface area contributed by atoms with Crippen molar-refractivity contribution in [2.24, 2.45) is 5.92 Å². The molecule has 0 aromatic heterocycles. The fourth-order valence-electron chi connectivity index (χ4n) is 1.93. The summed E-state index contributed by atoms with van der Waals surface area (Å²) in [7, 11) is 3.10. The minimum Gasteiger partial charge on any atom is -0.497 e. The van der Waals surface area contributed by atoms with Crippen molar-refractivity contribution in [2.45, 2.75) is 26.3 Å². The standard InChI is InChI=1S/C15H22ClNO3/c1-10(2)13(7-8-16)17-15(18)12-9-11(19-3)5-6-14(12)20-4/h5-6,9-10,13H,7-8H2,1-4H3,(H,17,18). The van der Waals surface area contributed by atoms with Gasteiger partial charge in [0.1, 0.15) is 11.5 Å². The van der Waals surface area contributed by atoms with Crippen molar-refractivity contribution in [3.05, 3.63) is 23.8 Å². The van der Waals surface area contributed by atoms with Crippen LogP contribution in [0.1, 0.15) is 30.6 Å². The van der Waals surface area contributed by atoms with E-state index in [1.54, 1.807) is 25.3 Å². The van der Waals surface area contributed by atoms with E-state index in [2.05, 4.69) is 19.2 Å². The summed E-state index contributed by atoms with van der Waals surface area (Å²) in [5.74, 6) is 1.79. The summed E-state index contributed by atoms with van der Waals surface area (Å²) < 4.78 is 10.4. The van der Waals surface area contributed by atoms with Crippen molar-refractivity contribution in [2.75, 3.05) is 20.1 Å². The summed E-state index contributed by atoms with van der Waals surface area (Å²) >= 11 is 5.78. The molecule has 0 heterocycles. The predicted molar refractivity (Wildman–Crippen MR) is 81.0 cm³/mol. The van der Waals surface area contributed by atoms with Gasteiger partial charge in [-0.3, -0.25) is 4.79 Å². The molecule has 0 bridgehead atoms. The second-order valence-corrected chi connectivity index (χ2v) is 5.25. The molecule has 1 rings (SSSR count). The summed E-state index contributed by atoms with van der Waals surface area (Å²) in [6.45, 7) is 4.11. The van der Waals surface area contributed by atoms with Gasteiger partial charge in [0.2, 0.25) is 0 Å². The Balaban J connectivity index is 2.95. The summed E-state index contributed by atoms with van der Waals surface area (Å²) in [6, 6.07) is 5.19. The van der Waals surface area contributed by atoms with E-state index < -0.39 is 0 Å². The molecular weight excluding hydrogens is 278 g/mol. The molecule has 0 saturated carbocycles. The van der Waals surface area contributed by atoms with Crippen molar-refractivity contribution in [3.63, 3.8) is 0 Å². The summed E-state index contributed by atoms with van der Waals surface area (Å²) in [6.07, 6.45) is 0.733. The normalized spacial score (nSPS) is 12.1. The second-order valence-electron chi connectivity index (χ2n) is 4.87. The average Bonchev–Trinajstić information content (AvgIpc) is 2.45. The molecule has 5 heteroatoms. The molecule has 112 valence electrons. The zero-order valence-electron chi connectivity index (χ0n) is 12.4. The summed E-state index contributed by atoms with van der Waals surface area (Å²) in [5.41, 5.74) is 0.465. The Morgan fingerprint density at radius 1 is 1.30 bits per heavy atom. The largest absolute Gasteiger partial charge is 0.497 e. The van der Waals surface area contributed by atoms with E-state index in [0.717, 1.165) is 6.42 Å². The van der Waals surface area contributed by atoms with Gasteiger partial charge in [-0.05, 0) is 30.5 Å². The highest BCUT2D eigenvalue weighted by Gasteiger charge is 2.19. The molecular formula is C15H22ClNO3. The summed E-state index contributed by atoms with van der Waals surface area (Å²) in [4.78, 5) is 12.4. The van der Waals surface area contributed by atoms with E-state index in [1.165, 1.54) is 7.11 Å². The predicted octanol–water partition coefficient (Wildman–Crippen LogP) is 3.09. The van der Waals surface area contributed by atoms with Crippen LogP contribution in [0, 0.1) is 5.92 Å². The number of rotatable bonds is 7. The first-order valence-electron chi connectivity index (χ1n) is 6.62. The molecule has 1 aromatic rings. The first-order valence-corrected chi connectivity index (χ1v) is 7.15. The van der Waals surface area contributed by atoms with Crippen LogP contribution in [-0.2, 0) is 0 Å². The van der Waals surface area contributed by atoms with Crippen molar-refractivity contribution < 1.29 is 14.3 Å². The fraction of sp³-hybridized carbons (Fsp3) is 0.533. The third-order valence-electron chi connectivity index (χ3n) is 3.19. The van der Waals surface area contributed by atoms with Crippen LogP contribution in [-0.4, -0.2) is 32.0 Å². The molecule has 1 amide bonds. The minimum atomic E-state index is -0.176. The van der Waals surface area contributed by atoms with Gasteiger partial charge in [0.25, 0.3) is 5.91 Å². The van der Waals surface area contributed by atoms with Crippen LogP contribution in [0.3, 0.4) is 0 Å². The molecule has 0 radical (unpaired) electrons. The van der Waals surface area contributed by atoms with E-state index in [0.29, 0.717) is 28.9 Å². The van der Waals surface area contributed by atoms with Crippen molar-refractivity contribution in [1.82, 2.24) is 5.32 Å². The first kappa shape index (κ1) is 16.6. The summed E-state index contributed by atoms with van der Waals surface area (Å²) in [5, 5.41) is 3.00. The van der Waals surface area contributed by atoms with Crippen LogP contribution in [0.2, 0.25) is 0 Å². The number of benzene rings is 1. The highest BCUT2D eigenvalue weighted by molar-refractivity contribution is 6.17. The number of amides is 1. The van der Waals surface area contributed by atoms with Gasteiger partial charge in [-0.2, -0.15) is 0 Å². The number of nitrogens with one attached hydrogen (secondary N) is 1. The van der Waals surface area contributed by atoms with Gasteiger partial charge in [0.15, 0.2) is 0 Å². The minimum absolute atomic E-state index is 0.0379. The topological polar surface area (TPSA) is 47.6 Å². The Morgan fingerprint density at radius 3 is 2.50 bits per heavy atom. The zero-order chi connectivity index (χ0) is 15.1. The van der Waals surface area contributed by atoms with Crippen LogP contribution in [0.25, 0.3) is 0 Å². The highest BCUT2D eigenvalue weighted by atomic mass is 35.5. The maximum absolute atomic E-state index is 12.4. The maximum atomic E-state index is 12.4. The van der Waals surface area contributed by atoms with Crippen molar-refractivity contribution >= 4 is 17.5 Å². The van der Waals surface area contributed by atoms with E-state index in [1.807, 2.05) is 0 Å². The number of carbonyl (C=O) groups excluding carboxylic acids is 1. The van der Waals surface area contributed by atoms with Crippen LogP contribution in [0.5, 0.6) is 11.5 Å². The number of hydrogen-bond donors (Lipinski definition) is 1. The monoisotopic (exact) mass is 299 g/mol. The zero-order valence-corrected chi connectivity index (χ0v) is 13.2. The van der Waals surface area contributed by atoms with Gasteiger partial charge in [-0.15, -0.1) is 11.6 Å². The lowest BCUT2D eigenvalue weighted by molar-refractivity contribution is 0.0921. The van der Waals surface area contributed by atoms with E-state index >= 15 is 0 Å². The van der Waals surface area contributed by atoms with Gasteiger partial charge in [0.05, 0.1) is 19.8 Å². The lowest BCUT2D eigenvalue weighted by Gasteiger charge is -2.22. The molecule has 0 aliphatic rings. The smallest absolute Gasteiger partial charge is 0.255 e. The molecule has 0 aliphatic carbocycles. The second kappa shape index (κ2) is 8.00. The van der Waals surface area contributed by atoms with Gasteiger partial charge in [-0.25, -0.2) is 0 Å². The van der Waals surface area contributed by atoms with Crippen LogP contribution < -0.4 is 14.8 Å². The maximum Gasteiger partial charge on any atom is 0.255 e. The van der Waals surface area contributed by atoms with Crippen molar-refractivity contribution in [3.8, 4) is 11.5 Å². The number of halogens is 1. The third-order valence-corrected chi connectivity index (χ3v) is 3.41. The molecule has 1 aromatic carbocycles. The molecule has 0 saturated heterocycles. The Kier molecular flexibility index (Phi) is 6.65.